The van der Waals surface area contributed by atoms with Crippen LogP contribution in [0.2, 0.25) is 0 Å². The lowest BCUT2D eigenvalue weighted by Crippen LogP contribution is -2.14. The van der Waals surface area contributed by atoms with E-state index in [2.05, 4.69) is 48.5 Å². The van der Waals surface area contributed by atoms with Crippen LogP contribution in [0.5, 0.6) is 0 Å². The second-order valence-electron chi connectivity index (χ2n) is 9.89. The van der Waals surface area contributed by atoms with Crippen molar-refractivity contribution in [2.75, 3.05) is 11.5 Å². The highest BCUT2D eigenvalue weighted by Gasteiger charge is 2.33. The van der Waals surface area contributed by atoms with Crippen molar-refractivity contribution in [3.8, 4) is 0 Å². The van der Waals surface area contributed by atoms with Gasteiger partial charge in [0, 0.05) is 25.7 Å². The fourth-order valence-electron chi connectivity index (χ4n) is 5.57. The van der Waals surface area contributed by atoms with Crippen molar-refractivity contribution in [1.29, 1.82) is 0 Å². The molecule has 4 unspecified atom stereocenters. The van der Waals surface area contributed by atoms with E-state index < -0.39 is 0 Å². The maximum Gasteiger partial charge on any atom is 0.120 e. The first-order valence-corrected chi connectivity index (χ1v) is 15.8. The van der Waals surface area contributed by atoms with E-state index in [1.807, 2.05) is 0 Å². The fourth-order valence-corrected chi connectivity index (χ4v) is 10.3. The molecule has 5 rings (SSSR count). The summed E-state index contributed by atoms with van der Waals surface area (Å²) in [5.41, 5.74) is 6.23. The topological polar surface area (TPSA) is 0 Å². The van der Waals surface area contributed by atoms with Gasteiger partial charge in [-0.25, -0.2) is 0 Å². The lowest BCUT2D eigenvalue weighted by Gasteiger charge is -2.08. The van der Waals surface area contributed by atoms with Gasteiger partial charge in [-0.1, -0.05) is 48.5 Å². The molecule has 3 heterocycles. The summed E-state index contributed by atoms with van der Waals surface area (Å²) in [5, 5.41) is 3.59. The third kappa shape index (κ3) is 6.51. The van der Waals surface area contributed by atoms with Gasteiger partial charge < -0.3 is 0 Å². The van der Waals surface area contributed by atoms with E-state index in [9.17, 15) is 0 Å². The largest absolute Gasteiger partial charge is 0.120 e. The van der Waals surface area contributed by atoms with E-state index in [-0.39, 0.29) is 0 Å². The Kier molecular flexibility index (Phi) is 7.96. The van der Waals surface area contributed by atoms with Crippen LogP contribution in [-0.4, -0.2) is 32.5 Å². The first kappa shape index (κ1) is 22.3. The van der Waals surface area contributed by atoms with Crippen molar-refractivity contribution < 1.29 is 0 Å². The SMILES string of the molecule is c1cc(CC2CCC(Cc3ccc(CC4CCC[SH+]4)cc3)[SH+]2)ccc1CC1CCC[SH+]1. The van der Waals surface area contributed by atoms with Gasteiger partial charge >= 0.3 is 0 Å². The minimum absolute atomic E-state index is 0.866. The molecule has 166 valence electrons. The normalized spacial score (nSPS) is 28.4. The maximum absolute atomic E-state index is 2.42. The van der Waals surface area contributed by atoms with Crippen LogP contribution in [0.15, 0.2) is 48.5 Å². The molecule has 0 amide bonds. The van der Waals surface area contributed by atoms with Crippen molar-refractivity contribution in [3.05, 3.63) is 70.8 Å². The van der Waals surface area contributed by atoms with Crippen LogP contribution in [0.25, 0.3) is 0 Å². The quantitative estimate of drug-likeness (QED) is 0.381. The van der Waals surface area contributed by atoms with Gasteiger partial charge in [0.15, 0.2) is 0 Å². The molecule has 0 N–H and O–H groups in total. The van der Waals surface area contributed by atoms with Gasteiger partial charge in [0.25, 0.3) is 0 Å². The predicted octanol–water partition coefficient (Wildman–Crippen LogP) is 4.86. The summed E-state index contributed by atoms with van der Waals surface area (Å²) in [6.07, 6.45) is 13.7. The van der Waals surface area contributed by atoms with Crippen molar-refractivity contribution in [2.45, 2.75) is 85.2 Å². The van der Waals surface area contributed by atoms with E-state index in [0.717, 1.165) is 21.0 Å². The van der Waals surface area contributed by atoms with E-state index in [1.54, 1.807) is 57.5 Å². The average molecular weight is 472 g/mol. The molecule has 3 saturated heterocycles. The number of rotatable bonds is 8. The summed E-state index contributed by atoms with van der Waals surface area (Å²) in [6.45, 7) is 0. The Bertz CT molecular complexity index is 732. The Hall–Kier alpha value is -0.510. The van der Waals surface area contributed by atoms with Gasteiger partial charge in [0.1, 0.15) is 32.5 Å². The summed E-state index contributed by atoms with van der Waals surface area (Å²) < 4.78 is 0. The summed E-state index contributed by atoms with van der Waals surface area (Å²) in [5.74, 6) is 2.85. The van der Waals surface area contributed by atoms with Crippen LogP contribution < -0.4 is 0 Å². The lowest BCUT2D eigenvalue weighted by atomic mass is 10.00. The monoisotopic (exact) mass is 471 g/mol. The van der Waals surface area contributed by atoms with Crippen LogP contribution in [0, 0.1) is 0 Å². The van der Waals surface area contributed by atoms with E-state index in [1.165, 1.54) is 75.7 Å². The zero-order valence-corrected chi connectivity index (χ0v) is 21.4. The molecular formula is C28H39S3+3. The molecular weight excluding hydrogens is 433 g/mol. The Labute approximate surface area is 202 Å². The molecule has 0 spiro atoms. The minimum Gasteiger partial charge on any atom is -0.0586 e. The third-order valence-corrected chi connectivity index (χ3v) is 12.1. The molecule has 2 aromatic rings. The smallest absolute Gasteiger partial charge is 0.0586 e. The van der Waals surface area contributed by atoms with Crippen LogP contribution >= 0.6 is 0 Å². The molecule has 31 heavy (non-hydrogen) atoms. The van der Waals surface area contributed by atoms with E-state index >= 15 is 0 Å². The molecule has 3 fully saturated rings. The minimum atomic E-state index is 0.866. The summed E-state index contributed by atoms with van der Waals surface area (Å²) in [4.78, 5) is 0. The fraction of sp³-hybridized carbons (Fsp3) is 0.571. The van der Waals surface area contributed by atoms with Crippen molar-refractivity contribution in [1.82, 2.24) is 0 Å². The van der Waals surface area contributed by atoms with E-state index in [4.69, 9.17) is 0 Å². The zero-order chi connectivity index (χ0) is 20.9. The van der Waals surface area contributed by atoms with Crippen molar-refractivity contribution >= 4 is 35.3 Å². The van der Waals surface area contributed by atoms with Gasteiger partial charge in [-0.3, -0.25) is 0 Å². The first-order valence-electron chi connectivity index (χ1n) is 12.5. The lowest BCUT2D eigenvalue weighted by molar-refractivity contribution is 0.712. The first-order chi connectivity index (χ1) is 15.3. The van der Waals surface area contributed by atoms with Crippen LogP contribution in [0.3, 0.4) is 0 Å². The second kappa shape index (κ2) is 11.1. The number of hydrogen-bond acceptors (Lipinski definition) is 0. The van der Waals surface area contributed by atoms with Crippen LogP contribution in [-0.2, 0) is 61.0 Å². The highest BCUT2D eigenvalue weighted by Crippen LogP contribution is 2.27. The Morgan fingerprint density at radius 1 is 0.484 bits per heavy atom. The van der Waals surface area contributed by atoms with Gasteiger partial charge in [0.2, 0.25) is 0 Å². The molecule has 0 nitrogen and oxygen atoms in total. The molecule has 2 aromatic carbocycles. The summed E-state index contributed by atoms with van der Waals surface area (Å²) in [6, 6.07) is 19.4. The van der Waals surface area contributed by atoms with Gasteiger partial charge in [0.05, 0.1) is 0 Å². The number of benzene rings is 2. The van der Waals surface area contributed by atoms with Crippen molar-refractivity contribution in [2.24, 2.45) is 0 Å². The number of hydrogen-bond donors (Lipinski definition) is 0. The summed E-state index contributed by atoms with van der Waals surface area (Å²) >= 11 is 5.09. The molecule has 3 aliphatic heterocycles. The number of thiol groups is 3. The Balaban J connectivity index is 1.07. The Morgan fingerprint density at radius 2 is 0.839 bits per heavy atom. The second-order valence-corrected chi connectivity index (χ2v) is 14.7. The molecule has 0 saturated carbocycles. The molecule has 0 aliphatic carbocycles. The molecule has 0 aromatic heterocycles. The molecule has 4 atom stereocenters. The highest BCUT2D eigenvalue weighted by molar-refractivity contribution is 7.80. The average Bonchev–Trinajstić information content (AvgIpc) is 3.55. The zero-order valence-electron chi connectivity index (χ0n) is 18.8. The standard InChI is InChI=1S/C28H36S3/c1-3-25(29-15-1)17-21-5-9-23(10-6-21)19-27-13-14-28(31-27)20-24-11-7-22(8-12-24)18-26-4-2-16-30-26/h5-12,25-28H,1-4,13-20H2/p+3. The molecule has 0 radical (unpaired) electrons. The predicted molar refractivity (Wildman–Crippen MR) is 147 cm³/mol. The molecule has 0 bridgehead atoms. The molecule has 3 aliphatic rings. The van der Waals surface area contributed by atoms with Gasteiger partial charge in [-0.15, -0.1) is 0 Å². The highest BCUT2D eigenvalue weighted by atomic mass is 32.2. The Morgan fingerprint density at radius 3 is 1.16 bits per heavy atom. The van der Waals surface area contributed by atoms with Crippen molar-refractivity contribution in [3.63, 3.8) is 0 Å². The van der Waals surface area contributed by atoms with E-state index in [0.29, 0.717) is 0 Å². The van der Waals surface area contributed by atoms with Gasteiger partial charge in [-0.2, -0.15) is 0 Å². The maximum atomic E-state index is 2.42. The van der Waals surface area contributed by atoms with Crippen LogP contribution in [0.1, 0.15) is 60.8 Å². The summed E-state index contributed by atoms with van der Waals surface area (Å²) in [7, 11) is 0. The van der Waals surface area contributed by atoms with Crippen LogP contribution in [0.4, 0.5) is 0 Å². The molecule has 3 heteroatoms. The third-order valence-electron chi connectivity index (χ3n) is 7.35. The van der Waals surface area contributed by atoms with Gasteiger partial charge in [-0.05, 0) is 96.1 Å².